The highest BCUT2D eigenvalue weighted by atomic mass is 19.3. The van der Waals surface area contributed by atoms with Crippen LogP contribution in [-0.2, 0) is 13.1 Å². The average molecular weight is 375 g/mol. The van der Waals surface area contributed by atoms with Crippen molar-refractivity contribution in [2.75, 3.05) is 0 Å². The number of nitrogens with zero attached hydrogens (tertiary/aromatic N) is 5. The molecule has 0 saturated heterocycles. The molecule has 8 heteroatoms. The Bertz CT molecular complexity index is 899. The van der Waals surface area contributed by atoms with Gasteiger partial charge in [-0.3, -0.25) is 4.68 Å². The zero-order valence-corrected chi connectivity index (χ0v) is 15.5. The van der Waals surface area contributed by atoms with Gasteiger partial charge in [-0.25, -0.2) is 18.4 Å². The van der Waals surface area contributed by atoms with E-state index in [0.29, 0.717) is 36.8 Å². The Morgan fingerprint density at radius 3 is 2.89 bits per heavy atom. The second-order valence-corrected chi connectivity index (χ2v) is 7.39. The van der Waals surface area contributed by atoms with Crippen LogP contribution in [0.25, 0.3) is 11.6 Å². The molecule has 0 spiro atoms. The predicted octanol–water partition coefficient (Wildman–Crippen LogP) is 4.28. The summed E-state index contributed by atoms with van der Waals surface area (Å²) in [5.41, 5.74) is 0.921. The van der Waals surface area contributed by atoms with E-state index in [-0.39, 0.29) is 18.9 Å². The summed E-state index contributed by atoms with van der Waals surface area (Å²) in [6, 6.07) is 3.70. The zero-order valence-electron chi connectivity index (χ0n) is 15.5. The van der Waals surface area contributed by atoms with E-state index < -0.39 is 11.8 Å². The van der Waals surface area contributed by atoms with E-state index in [1.54, 1.807) is 17.1 Å². The number of hydrogen-bond donors (Lipinski definition) is 0. The van der Waals surface area contributed by atoms with Crippen LogP contribution in [0.3, 0.4) is 0 Å². The summed E-state index contributed by atoms with van der Waals surface area (Å²) in [7, 11) is 0. The van der Waals surface area contributed by atoms with E-state index >= 15 is 0 Å². The van der Waals surface area contributed by atoms with Gasteiger partial charge in [-0.2, -0.15) is 5.10 Å². The second kappa shape index (κ2) is 6.90. The molecule has 0 aliphatic heterocycles. The third-order valence-electron chi connectivity index (χ3n) is 5.28. The van der Waals surface area contributed by atoms with E-state index in [0.717, 1.165) is 5.56 Å². The Morgan fingerprint density at radius 1 is 1.41 bits per heavy atom. The Balaban J connectivity index is 1.66. The molecule has 3 heterocycles. The highest BCUT2D eigenvalue weighted by molar-refractivity contribution is 5.51. The molecule has 0 bridgehead atoms. The SMILES string of the molecule is Cc1ccoc1-c1nc(C(C)Cn2cccn2)n(CC2CCCC2(F)F)n1. The number of hydrogen-bond acceptors (Lipinski definition) is 4. The molecule has 27 heavy (non-hydrogen) atoms. The third kappa shape index (κ3) is 3.52. The van der Waals surface area contributed by atoms with Gasteiger partial charge in [0.1, 0.15) is 5.82 Å². The number of alkyl halides is 2. The maximum atomic E-state index is 14.2. The Kier molecular flexibility index (Phi) is 4.57. The molecule has 6 nitrogen and oxygen atoms in total. The summed E-state index contributed by atoms with van der Waals surface area (Å²) in [6.45, 7) is 4.69. The van der Waals surface area contributed by atoms with Crippen molar-refractivity contribution in [3.63, 3.8) is 0 Å². The third-order valence-corrected chi connectivity index (χ3v) is 5.28. The summed E-state index contributed by atoms with van der Waals surface area (Å²) >= 11 is 0. The molecule has 1 aliphatic carbocycles. The number of aromatic nitrogens is 5. The molecule has 3 aromatic rings. The maximum absolute atomic E-state index is 14.2. The number of rotatable bonds is 6. The van der Waals surface area contributed by atoms with Crippen LogP contribution in [0.15, 0.2) is 35.2 Å². The standard InChI is InChI=1S/C19H23F2N5O/c1-13-6-10-27-16(13)17-23-18(14(2)11-25-9-4-8-22-25)26(24-17)12-15-5-3-7-19(15,20)21/h4,6,8-10,14-15H,3,5,7,11-12H2,1-2H3. The molecule has 0 N–H and O–H groups in total. The fraction of sp³-hybridized carbons (Fsp3) is 0.526. The minimum Gasteiger partial charge on any atom is -0.461 e. The van der Waals surface area contributed by atoms with Gasteiger partial charge in [0.25, 0.3) is 5.92 Å². The van der Waals surface area contributed by atoms with Crippen LogP contribution in [-0.4, -0.2) is 30.5 Å². The normalized spacial score (nSPS) is 20.2. The van der Waals surface area contributed by atoms with Gasteiger partial charge in [-0.1, -0.05) is 6.92 Å². The van der Waals surface area contributed by atoms with E-state index in [1.807, 2.05) is 36.9 Å². The molecule has 3 aromatic heterocycles. The lowest BCUT2D eigenvalue weighted by Crippen LogP contribution is -2.27. The van der Waals surface area contributed by atoms with Crippen LogP contribution in [0.1, 0.15) is 43.5 Å². The monoisotopic (exact) mass is 375 g/mol. The van der Waals surface area contributed by atoms with Crippen LogP contribution in [0.5, 0.6) is 0 Å². The van der Waals surface area contributed by atoms with Crippen molar-refractivity contribution < 1.29 is 13.2 Å². The minimum atomic E-state index is -2.64. The number of furan rings is 1. The average Bonchev–Trinajstić information content (AvgIpc) is 3.37. The van der Waals surface area contributed by atoms with E-state index in [2.05, 4.69) is 15.2 Å². The van der Waals surface area contributed by atoms with Gasteiger partial charge >= 0.3 is 0 Å². The molecule has 1 saturated carbocycles. The lowest BCUT2D eigenvalue weighted by Gasteiger charge is -2.20. The molecule has 1 aliphatic rings. The summed E-state index contributed by atoms with van der Waals surface area (Å²) in [6.07, 6.45) is 6.19. The summed E-state index contributed by atoms with van der Waals surface area (Å²) in [5.74, 6) is -1.67. The van der Waals surface area contributed by atoms with Crippen molar-refractivity contribution in [3.8, 4) is 11.6 Å². The maximum Gasteiger partial charge on any atom is 0.252 e. The lowest BCUT2D eigenvalue weighted by molar-refractivity contribution is -0.0436. The van der Waals surface area contributed by atoms with Gasteiger partial charge in [0, 0.05) is 30.7 Å². The van der Waals surface area contributed by atoms with Gasteiger partial charge in [0.15, 0.2) is 5.76 Å². The van der Waals surface area contributed by atoms with Crippen LogP contribution in [0, 0.1) is 12.8 Å². The quantitative estimate of drug-likeness (QED) is 0.645. The van der Waals surface area contributed by atoms with Crippen molar-refractivity contribution >= 4 is 0 Å². The predicted molar refractivity (Wildman–Crippen MR) is 95.4 cm³/mol. The first-order chi connectivity index (χ1) is 12.9. The molecule has 2 atom stereocenters. The second-order valence-electron chi connectivity index (χ2n) is 7.39. The number of halogens is 2. The van der Waals surface area contributed by atoms with Crippen molar-refractivity contribution in [2.24, 2.45) is 5.92 Å². The molecular formula is C19H23F2N5O. The van der Waals surface area contributed by atoms with Gasteiger partial charge in [0.2, 0.25) is 5.82 Å². The Hall–Kier alpha value is -2.51. The van der Waals surface area contributed by atoms with Crippen LogP contribution in [0.4, 0.5) is 8.78 Å². The van der Waals surface area contributed by atoms with E-state index in [9.17, 15) is 8.78 Å². The van der Waals surface area contributed by atoms with Crippen LogP contribution in [0.2, 0.25) is 0 Å². The molecule has 2 unspecified atom stereocenters. The molecule has 1 fully saturated rings. The first kappa shape index (κ1) is 17.9. The van der Waals surface area contributed by atoms with Gasteiger partial charge in [0.05, 0.1) is 19.4 Å². The van der Waals surface area contributed by atoms with Crippen molar-refractivity contribution in [2.45, 2.75) is 58.0 Å². The molecule has 144 valence electrons. The zero-order chi connectivity index (χ0) is 19.0. The molecule has 0 amide bonds. The smallest absolute Gasteiger partial charge is 0.252 e. The van der Waals surface area contributed by atoms with E-state index in [1.165, 1.54) is 0 Å². The van der Waals surface area contributed by atoms with Crippen molar-refractivity contribution in [3.05, 3.63) is 42.2 Å². The molecule has 4 rings (SSSR count). The van der Waals surface area contributed by atoms with Crippen molar-refractivity contribution in [1.82, 2.24) is 24.5 Å². The first-order valence-corrected chi connectivity index (χ1v) is 9.28. The molecular weight excluding hydrogens is 352 g/mol. The fourth-order valence-electron chi connectivity index (χ4n) is 3.75. The van der Waals surface area contributed by atoms with Crippen LogP contribution < -0.4 is 0 Å². The van der Waals surface area contributed by atoms with E-state index in [4.69, 9.17) is 4.42 Å². The Morgan fingerprint density at radius 2 is 2.26 bits per heavy atom. The minimum absolute atomic E-state index is 0.0311. The highest BCUT2D eigenvalue weighted by Crippen LogP contribution is 2.41. The first-order valence-electron chi connectivity index (χ1n) is 9.28. The van der Waals surface area contributed by atoms with Gasteiger partial charge in [-0.15, -0.1) is 5.10 Å². The largest absolute Gasteiger partial charge is 0.461 e. The number of aryl methyl sites for hydroxylation is 1. The molecule has 0 radical (unpaired) electrons. The summed E-state index contributed by atoms with van der Waals surface area (Å²) in [5, 5.41) is 8.77. The fourth-order valence-corrected chi connectivity index (χ4v) is 3.75. The lowest BCUT2D eigenvalue weighted by atomic mass is 10.0. The van der Waals surface area contributed by atoms with Crippen molar-refractivity contribution in [1.29, 1.82) is 0 Å². The van der Waals surface area contributed by atoms with Gasteiger partial charge in [-0.05, 0) is 37.5 Å². The highest BCUT2D eigenvalue weighted by Gasteiger charge is 2.44. The topological polar surface area (TPSA) is 61.7 Å². The van der Waals surface area contributed by atoms with Gasteiger partial charge < -0.3 is 4.42 Å². The molecule has 0 aromatic carbocycles. The Labute approximate surface area is 156 Å². The van der Waals surface area contributed by atoms with Crippen LogP contribution >= 0.6 is 0 Å². The summed E-state index contributed by atoms with van der Waals surface area (Å²) < 4.78 is 37.3. The summed E-state index contributed by atoms with van der Waals surface area (Å²) in [4.78, 5) is 4.66.